The first kappa shape index (κ1) is 21.5. The first-order valence-electron chi connectivity index (χ1n) is 9.92. The summed E-state index contributed by atoms with van der Waals surface area (Å²) in [7, 11) is -3.61. The van der Waals surface area contributed by atoms with Crippen LogP contribution in [0.5, 0.6) is 0 Å². The maximum absolute atomic E-state index is 12.6. The van der Waals surface area contributed by atoms with Gasteiger partial charge in [-0.3, -0.25) is 4.79 Å². The van der Waals surface area contributed by atoms with E-state index in [9.17, 15) is 13.2 Å². The van der Waals surface area contributed by atoms with Crippen molar-refractivity contribution in [1.29, 1.82) is 0 Å². The molecule has 0 radical (unpaired) electrons. The summed E-state index contributed by atoms with van der Waals surface area (Å²) in [5.74, 6) is 0.482. The quantitative estimate of drug-likeness (QED) is 0.524. The van der Waals surface area contributed by atoms with Gasteiger partial charge in [0.25, 0.3) is 0 Å². The van der Waals surface area contributed by atoms with E-state index in [1.54, 1.807) is 31.2 Å². The molecule has 2 aromatic heterocycles. The van der Waals surface area contributed by atoms with Crippen LogP contribution in [0.3, 0.4) is 0 Å². The summed E-state index contributed by atoms with van der Waals surface area (Å²) in [5.41, 5.74) is 3.17. The Balaban J connectivity index is 1.43. The lowest BCUT2D eigenvalue weighted by Gasteiger charge is -2.05. The van der Waals surface area contributed by atoms with Crippen LogP contribution >= 0.6 is 11.3 Å². The number of carbonyl (C=O) groups excluding carboxylic acids is 1. The van der Waals surface area contributed by atoms with Gasteiger partial charge in [-0.2, -0.15) is 0 Å². The predicted molar refractivity (Wildman–Crippen MR) is 121 cm³/mol. The van der Waals surface area contributed by atoms with Gasteiger partial charge in [-0.25, -0.2) is 13.1 Å². The molecule has 0 bridgehead atoms. The lowest BCUT2D eigenvalue weighted by molar-refractivity contribution is -0.117. The summed E-state index contributed by atoms with van der Waals surface area (Å²) >= 11 is 1.15. The number of hydrogen-bond acceptors (Lipinski definition) is 6. The number of carbonyl (C=O) groups is 1. The second-order valence-corrected chi connectivity index (χ2v) is 10.7. The van der Waals surface area contributed by atoms with E-state index >= 15 is 0 Å². The van der Waals surface area contributed by atoms with E-state index < -0.39 is 10.0 Å². The number of nitrogens with zero attached hydrogens (tertiary/aromatic N) is 1. The predicted octanol–water partition coefficient (Wildman–Crippen LogP) is 4.35. The van der Waals surface area contributed by atoms with Crippen molar-refractivity contribution in [3.8, 4) is 0 Å². The van der Waals surface area contributed by atoms with Gasteiger partial charge in [0.1, 0.15) is 15.6 Å². The molecule has 1 amide bonds. The van der Waals surface area contributed by atoms with Gasteiger partial charge in [-0.1, -0.05) is 35.0 Å². The topological polar surface area (TPSA) is 101 Å². The van der Waals surface area contributed by atoms with Crippen molar-refractivity contribution < 1.29 is 17.7 Å². The summed E-state index contributed by atoms with van der Waals surface area (Å²) in [4.78, 5) is 12.8. The van der Waals surface area contributed by atoms with Crippen LogP contribution in [0.1, 0.15) is 40.3 Å². The Kier molecular flexibility index (Phi) is 6.08. The number of thiophene rings is 1. The molecule has 1 fully saturated rings. The number of hydrogen-bond donors (Lipinski definition) is 2. The Hall–Kier alpha value is -2.75. The van der Waals surface area contributed by atoms with Crippen molar-refractivity contribution in [2.24, 2.45) is 5.92 Å². The number of aromatic nitrogens is 1. The second kappa shape index (κ2) is 8.78. The fourth-order valence-corrected chi connectivity index (χ4v) is 5.20. The molecule has 0 saturated heterocycles. The van der Waals surface area contributed by atoms with Gasteiger partial charge in [0, 0.05) is 17.3 Å². The van der Waals surface area contributed by atoms with Crippen LogP contribution in [0.4, 0.5) is 5.69 Å². The normalized spacial score (nSPS) is 14.3. The molecule has 1 aliphatic rings. The van der Waals surface area contributed by atoms with Gasteiger partial charge in [-0.05, 0) is 56.5 Å². The third-order valence-corrected chi connectivity index (χ3v) is 7.88. The van der Waals surface area contributed by atoms with Gasteiger partial charge in [0.05, 0.1) is 0 Å². The molecule has 7 nitrogen and oxygen atoms in total. The van der Waals surface area contributed by atoms with Crippen LogP contribution in [-0.4, -0.2) is 19.5 Å². The number of nitrogens with one attached hydrogen (secondary N) is 2. The van der Waals surface area contributed by atoms with Crippen molar-refractivity contribution in [1.82, 2.24) is 9.88 Å². The van der Waals surface area contributed by atoms with Gasteiger partial charge >= 0.3 is 0 Å². The summed E-state index contributed by atoms with van der Waals surface area (Å²) in [5, 5.41) is 6.79. The molecule has 4 rings (SSSR count). The van der Waals surface area contributed by atoms with Crippen LogP contribution in [0, 0.1) is 19.8 Å². The molecule has 2 heterocycles. The highest BCUT2D eigenvalue weighted by atomic mass is 32.2. The fraction of sp³-hybridized carbons (Fsp3) is 0.273. The molecule has 3 aromatic rings. The first-order chi connectivity index (χ1) is 14.8. The van der Waals surface area contributed by atoms with Crippen LogP contribution in [0.25, 0.3) is 12.2 Å². The Bertz CT molecular complexity index is 1220. The van der Waals surface area contributed by atoms with E-state index in [1.165, 1.54) is 0 Å². The molecule has 1 aliphatic carbocycles. The molecule has 31 heavy (non-hydrogen) atoms. The maximum Gasteiger partial charge on any atom is 0.250 e. The molecule has 1 aromatic carbocycles. The average molecular weight is 458 g/mol. The van der Waals surface area contributed by atoms with E-state index in [2.05, 4.69) is 15.2 Å². The molecular formula is C22H23N3O4S2. The van der Waals surface area contributed by atoms with Crippen molar-refractivity contribution in [3.63, 3.8) is 0 Å². The highest BCUT2D eigenvalue weighted by molar-refractivity contribution is 7.91. The second-order valence-electron chi connectivity index (χ2n) is 7.57. The lowest BCUT2D eigenvalue weighted by atomic mass is 10.2. The average Bonchev–Trinajstić information content (AvgIpc) is 3.39. The maximum atomic E-state index is 12.6. The van der Waals surface area contributed by atoms with E-state index in [4.69, 9.17) is 4.52 Å². The van der Waals surface area contributed by atoms with Gasteiger partial charge in [-0.15, -0.1) is 11.3 Å². The summed E-state index contributed by atoms with van der Waals surface area (Å²) in [6, 6.07) is 11.0. The molecule has 0 atom stereocenters. The van der Waals surface area contributed by atoms with Crippen LogP contribution in [0.15, 0.2) is 45.1 Å². The van der Waals surface area contributed by atoms with Gasteiger partial charge < -0.3 is 9.84 Å². The summed E-state index contributed by atoms with van der Waals surface area (Å²) in [6.45, 7) is 3.98. The van der Waals surface area contributed by atoms with Crippen LogP contribution in [0.2, 0.25) is 0 Å². The van der Waals surface area contributed by atoms with E-state index in [1.807, 2.05) is 31.2 Å². The van der Waals surface area contributed by atoms with E-state index in [-0.39, 0.29) is 22.6 Å². The van der Waals surface area contributed by atoms with Crippen molar-refractivity contribution >= 4 is 45.1 Å². The molecule has 0 spiro atoms. The minimum absolute atomic E-state index is 0.0231. The Morgan fingerprint density at radius 3 is 2.61 bits per heavy atom. The van der Waals surface area contributed by atoms with Crippen LogP contribution in [-0.2, 0) is 21.4 Å². The van der Waals surface area contributed by atoms with Gasteiger partial charge in [0.15, 0.2) is 5.76 Å². The molecule has 0 unspecified atom stereocenters. The smallest absolute Gasteiger partial charge is 0.250 e. The zero-order chi connectivity index (χ0) is 22.0. The standard InChI is InChI=1S/C22H23N3O4S2/c1-14-3-5-16(6-4-14)13-23-31(27,28)20-12-10-18(30-20)9-11-19-21(15(2)25-29-19)24-22(26)17-7-8-17/h3-6,9-12,17,23H,7-8,13H2,1-2H3,(H,24,26)/b11-9+. The monoisotopic (exact) mass is 457 g/mol. The van der Waals surface area contributed by atoms with Crippen molar-refractivity contribution in [3.05, 3.63) is 63.9 Å². The van der Waals surface area contributed by atoms with Crippen LogP contribution < -0.4 is 10.0 Å². The minimum Gasteiger partial charge on any atom is -0.354 e. The highest BCUT2D eigenvalue weighted by Gasteiger charge is 2.30. The van der Waals surface area contributed by atoms with Crippen molar-refractivity contribution in [2.75, 3.05) is 5.32 Å². The zero-order valence-corrected chi connectivity index (χ0v) is 18.8. The molecule has 1 saturated carbocycles. The lowest BCUT2D eigenvalue weighted by Crippen LogP contribution is -2.22. The summed E-state index contributed by atoms with van der Waals surface area (Å²) in [6.07, 6.45) is 5.25. The fourth-order valence-electron chi connectivity index (χ4n) is 2.91. The van der Waals surface area contributed by atoms with Crippen molar-refractivity contribution in [2.45, 2.75) is 37.4 Å². The largest absolute Gasteiger partial charge is 0.354 e. The third kappa shape index (κ3) is 5.30. The molecule has 0 aliphatic heterocycles. The molecule has 162 valence electrons. The summed E-state index contributed by atoms with van der Waals surface area (Å²) < 4.78 is 33.4. The number of sulfonamides is 1. The van der Waals surface area contributed by atoms with E-state index in [0.717, 1.165) is 40.2 Å². The minimum atomic E-state index is -3.61. The molecule has 9 heteroatoms. The number of anilines is 1. The molecule has 2 N–H and O–H groups in total. The Morgan fingerprint density at radius 1 is 1.16 bits per heavy atom. The third-order valence-electron chi connectivity index (χ3n) is 4.94. The van der Waals surface area contributed by atoms with E-state index in [0.29, 0.717) is 17.1 Å². The highest BCUT2D eigenvalue weighted by Crippen LogP contribution is 2.32. The number of benzene rings is 1. The number of amides is 1. The Labute approximate surface area is 185 Å². The first-order valence-corrected chi connectivity index (χ1v) is 12.2. The zero-order valence-electron chi connectivity index (χ0n) is 17.2. The number of rotatable bonds is 8. The number of aryl methyl sites for hydroxylation is 2. The SMILES string of the molecule is Cc1ccc(CNS(=O)(=O)c2ccc(/C=C/c3onc(C)c3NC(=O)C3CC3)s2)cc1. The Morgan fingerprint density at radius 2 is 1.90 bits per heavy atom. The van der Waals surface area contributed by atoms with Gasteiger partial charge in [0.2, 0.25) is 15.9 Å². The molecular weight excluding hydrogens is 434 g/mol.